The van der Waals surface area contributed by atoms with E-state index in [1.807, 2.05) is 6.07 Å². The smallest absolute Gasteiger partial charge is 0.133 e. The Bertz CT molecular complexity index is 588. The Morgan fingerprint density at radius 2 is 1.43 bits per heavy atom. The third-order valence-corrected chi connectivity index (χ3v) is 4.87. The van der Waals surface area contributed by atoms with Crippen molar-refractivity contribution < 1.29 is 4.79 Å². The molecule has 3 unspecified atom stereocenters. The molecule has 3 rings (SSSR count). The summed E-state index contributed by atoms with van der Waals surface area (Å²) in [6.07, 6.45) is 3.26. The Hall–Kier alpha value is -1.89. The summed E-state index contributed by atoms with van der Waals surface area (Å²) < 4.78 is 0. The van der Waals surface area contributed by atoms with Gasteiger partial charge >= 0.3 is 0 Å². The van der Waals surface area contributed by atoms with Crippen LogP contribution in [0.5, 0.6) is 0 Å². The largest absolute Gasteiger partial charge is 0.300 e. The minimum Gasteiger partial charge on any atom is -0.300 e. The van der Waals surface area contributed by atoms with Crippen LogP contribution >= 0.6 is 0 Å². The molecule has 21 heavy (non-hydrogen) atoms. The van der Waals surface area contributed by atoms with Gasteiger partial charge in [-0.15, -0.1) is 0 Å². The number of benzene rings is 2. The topological polar surface area (TPSA) is 17.1 Å². The first-order valence-corrected chi connectivity index (χ1v) is 7.86. The summed E-state index contributed by atoms with van der Waals surface area (Å²) >= 11 is 0. The van der Waals surface area contributed by atoms with Crippen LogP contribution in [-0.4, -0.2) is 5.78 Å². The monoisotopic (exact) mass is 278 g/mol. The molecule has 2 aromatic carbocycles. The lowest BCUT2D eigenvalue weighted by atomic mass is 9.68. The van der Waals surface area contributed by atoms with Crippen molar-refractivity contribution in [3.8, 4) is 0 Å². The van der Waals surface area contributed by atoms with Crippen molar-refractivity contribution in [2.45, 2.75) is 38.0 Å². The van der Waals surface area contributed by atoms with E-state index in [1.165, 1.54) is 17.5 Å². The molecule has 0 aromatic heterocycles. The van der Waals surface area contributed by atoms with Crippen molar-refractivity contribution in [3.63, 3.8) is 0 Å². The van der Waals surface area contributed by atoms with E-state index in [2.05, 4.69) is 54.6 Å². The summed E-state index contributed by atoms with van der Waals surface area (Å²) in [6, 6.07) is 21.2. The standard InChI is InChI=1S/C20H22O/c1-15(21)20-14-18(16-8-4-2-5-9-16)12-13-19(20)17-10-6-3-7-11-17/h2-11,18-20H,12-14H2,1H3. The van der Waals surface area contributed by atoms with Gasteiger partial charge in [-0.1, -0.05) is 60.7 Å². The number of Topliss-reactive ketones (excluding diaryl/α,β-unsaturated/α-hetero) is 1. The molecule has 0 aliphatic heterocycles. The fraction of sp³-hybridized carbons (Fsp3) is 0.350. The highest BCUT2D eigenvalue weighted by Gasteiger charge is 2.34. The van der Waals surface area contributed by atoms with E-state index in [0.29, 0.717) is 17.6 Å². The Morgan fingerprint density at radius 3 is 2.00 bits per heavy atom. The zero-order chi connectivity index (χ0) is 14.7. The molecule has 1 fully saturated rings. The van der Waals surface area contributed by atoms with Crippen molar-refractivity contribution in [1.82, 2.24) is 0 Å². The molecule has 1 aliphatic carbocycles. The second kappa shape index (κ2) is 6.26. The van der Waals surface area contributed by atoms with Crippen molar-refractivity contribution in [3.05, 3.63) is 71.8 Å². The Morgan fingerprint density at radius 1 is 0.857 bits per heavy atom. The Kier molecular flexibility index (Phi) is 4.19. The lowest BCUT2D eigenvalue weighted by Crippen LogP contribution is -2.27. The van der Waals surface area contributed by atoms with Crippen LogP contribution < -0.4 is 0 Å². The molecule has 1 heteroatoms. The lowest BCUT2D eigenvalue weighted by molar-refractivity contribution is -0.122. The Balaban J connectivity index is 1.83. The summed E-state index contributed by atoms with van der Waals surface area (Å²) in [5.74, 6) is 1.42. The van der Waals surface area contributed by atoms with Crippen LogP contribution in [-0.2, 0) is 4.79 Å². The molecule has 0 N–H and O–H groups in total. The number of rotatable bonds is 3. The van der Waals surface area contributed by atoms with Crippen LogP contribution in [0.1, 0.15) is 49.1 Å². The van der Waals surface area contributed by atoms with Gasteiger partial charge < -0.3 is 0 Å². The van der Waals surface area contributed by atoms with Gasteiger partial charge in [0.25, 0.3) is 0 Å². The quantitative estimate of drug-likeness (QED) is 0.777. The maximum Gasteiger partial charge on any atom is 0.133 e. The first-order valence-electron chi connectivity index (χ1n) is 7.86. The minimum atomic E-state index is 0.159. The second-order valence-electron chi connectivity index (χ2n) is 6.15. The van der Waals surface area contributed by atoms with Crippen molar-refractivity contribution in [2.75, 3.05) is 0 Å². The van der Waals surface area contributed by atoms with E-state index in [-0.39, 0.29) is 5.92 Å². The van der Waals surface area contributed by atoms with Gasteiger partial charge in [0.2, 0.25) is 0 Å². The van der Waals surface area contributed by atoms with E-state index in [1.54, 1.807) is 6.92 Å². The average Bonchev–Trinajstić information content (AvgIpc) is 2.56. The fourth-order valence-electron chi connectivity index (χ4n) is 3.75. The first kappa shape index (κ1) is 14.1. The molecule has 0 saturated heterocycles. The number of ketones is 1. The van der Waals surface area contributed by atoms with Crippen molar-refractivity contribution in [2.24, 2.45) is 5.92 Å². The maximum atomic E-state index is 12.2. The summed E-state index contributed by atoms with van der Waals surface area (Å²) in [7, 11) is 0. The summed E-state index contributed by atoms with van der Waals surface area (Å²) in [5, 5.41) is 0. The van der Waals surface area contributed by atoms with Gasteiger partial charge in [-0.2, -0.15) is 0 Å². The number of carbonyl (C=O) groups is 1. The molecule has 0 heterocycles. The van der Waals surface area contributed by atoms with Gasteiger partial charge in [0.1, 0.15) is 5.78 Å². The van der Waals surface area contributed by atoms with Crippen LogP contribution in [0.15, 0.2) is 60.7 Å². The third-order valence-electron chi connectivity index (χ3n) is 4.87. The maximum absolute atomic E-state index is 12.2. The van der Waals surface area contributed by atoms with Gasteiger partial charge in [0.15, 0.2) is 0 Å². The van der Waals surface area contributed by atoms with Crippen LogP contribution in [0.25, 0.3) is 0 Å². The molecule has 0 bridgehead atoms. The normalized spacial score (nSPS) is 25.5. The van der Waals surface area contributed by atoms with Crippen LogP contribution in [0, 0.1) is 5.92 Å². The lowest BCUT2D eigenvalue weighted by Gasteiger charge is -2.35. The van der Waals surface area contributed by atoms with Gasteiger partial charge in [0, 0.05) is 5.92 Å². The van der Waals surface area contributed by atoms with Crippen LogP contribution in [0.2, 0.25) is 0 Å². The highest BCUT2D eigenvalue weighted by Crippen LogP contribution is 2.44. The number of hydrogen-bond acceptors (Lipinski definition) is 1. The van der Waals surface area contributed by atoms with Crippen LogP contribution in [0.3, 0.4) is 0 Å². The molecule has 108 valence electrons. The molecule has 1 aliphatic rings. The van der Waals surface area contributed by atoms with E-state index in [0.717, 1.165) is 12.8 Å². The SMILES string of the molecule is CC(=O)C1CC(c2ccccc2)CCC1c1ccccc1. The van der Waals surface area contributed by atoms with E-state index < -0.39 is 0 Å². The van der Waals surface area contributed by atoms with Gasteiger partial charge in [0.05, 0.1) is 0 Å². The summed E-state index contributed by atoms with van der Waals surface area (Å²) in [4.78, 5) is 12.2. The van der Waals surface area contributed by atoms with Gasteiger partial charge in [-0.05, 0) is 49.1 Å². The molecule has 0 amide bonds. The third kappa shape index (κ3) is 3.07. The van der Waals surface area contributed by atoms with Gasteiger partial charge in [-0.25, -0.2) is 0 Å². The summed E-state index contributed by atoms with van der Waals surface area (Å²) in [5.41, 5.74) is 2.71. The van der Waals surface area contributed by atoms with Crippen molar-refractivity contribution in [1.29, 1.82) is 0 Å². The molecular weight excluding hydrogens is 256 g/mol. The van der Waals surface area contributed by atoms with E-state index >= 15 is 0 Å². The first-order chi connectivity index (χ1) is 10.3. The highest BCUT2D eigenvalue weighted by molar-refractivity contribution is 5.79. The number of carbonyl (C=O) groups excluding carboxylic acids is 1. The summed E-state index contributed by atoms with van der Waals surface area (Å²) in [6.45, 7) is 1.76. The van der Waals surface area contributed by atoms with Crippen molar-refractivity contribution >= 4 is 5.78 Å². The van der Waals surface area contributed by atoms with E-state index in [9.17, 15) is 4.79 Å². The molecule has 3 atom stereocenters. The zero-order valence-electron chi connectivity index (χ0n) is 12.5. The molecule has 1 saturated carbocycles. The van der Waals surface area contributed by atoms with Crippen LogP contribution in [0.4, 0.5) is 0 Å². The molecular formula is C20H22O. The molecule has 2 aromatic rings. The average molecular weight is 278 g/mol. The second-order valence-corrected chi connectivity index (χ2v) is 6.15. The minimum absolute atomic E-state index is 0.159. The van der Waals surface area contributed by atoms with E-state index in [4.69, 9.17) is 0 Å². The highest BCUT2D eigenvalue weighted by atomic mass is 16.1. The fourth-order valence-corrected chi connectivity index (χ4v) is 3.75. The zero-order valence-corrected chi connectivity index (χ0v) is 12.5. The number of hydrogen-bond donors (Lipinski definition) is 0. The predicted molar refractivity (Wildman–Crippen MR) is 86.4 cm³/mol. The Labute approximate surface area is 127 Å². The molecule has 0 radical (unpaired) electrons. The molecule has 1 nitrogen and oxygen atoms in total. The van der Waals surface area contributed by atoms with Gasteiger partial charge in [-0.3, -0.25) is 4.79 Å². The molecule has 0 spiro atoms. The predicted octanol–water partition coefficient (Wildman–Crippen LogP) is 4.94.